The van der Waals surface area contributed by atoms with Crippen LogP contribution in [-0.2, 0) is 9.53 Å². The zero-order valence-corrected chi connectivity index (χ0v) is 15.4. The number of benzene rings is 1. The fraction of sp³-hybridized carbons (Fsp3) is 0.500. The predicted octanol–water partition coefficient (Wildman–Crippen LogP) is 3.30. The molecule has 0 radical (unpaired) electrons. The molecular formula is C20H28N2O3. The number of hydrogen-bond donors (Lipinski definition) is 1. The number of allylic oxidation sites excluding steroid dienone is 1. The predicted molar refractivity (Wildman–Crippen MR) is 99.8 cm³/mol. The van der Waals surface area contributed by atoms with E-state index in [0.29, 0.717) is 12.1 Å². The van der Waals surface area contributed by atoms with E-state index in [1.54, 1.807) is 25.1 Å². The van der Waals surface area contributed by atoms with Gasteiger partial charge in [-0.3, -0.25) is 4.79 Å². The van der Waals surface area contributed by atoms with Crippen molar-refractivity contribution in [1.29, 1.82) is 0 Å². The first kappa shape index (κ1) is 19.0. The van der Waals surface area contributed by atoms with Gasteiger partial charge in [-0.1, -0.05) is 17.7 Å². The highest BCUT2D eigenvalue weighted by Gasteiger charge is 2.19. The average Bonchev–Trinajstić information content (AvgIpc) is 2.62. The molecule has 1 aromatic rings. The molecule has 1 aliphatic rings. The molecule has 5 heteroatoms. The normalized spacial score (nSPS) is 15.1. The molecule has 25 heavy (non-hydrogen) atoms. The van der Waals surface area contributed by atoms with Crippen molar-refractivity contribution < 1.29 is 14.3 Å². The number of amides is 1. The molecule has 0 saturated carbocycles. The minimum absolute atomic E-state index is 0.256. The number of nitrogens with one attached hydrogen (secondary N) is 1. The molecule has 0 heterocycles. The average molecular weight is 344 g/mol. The van der Waals surface area contributed by atoms with Gasteiger partial charge in [-0.2, -0.15) is 0 Å². The summed E-state index contributed by atoms with van der Waals surface area (Å²) < 4.78 is 5.29. The molecule has 136 valence electrons. The molecular weight excluding hydrogens is 316 g/mol. The summed E-state index contributed by atoms with van der Waals surface area (Å²) in [4.78, 5) is 26.2. The first-order chi connectivity index (χ1) is 12.0. The van der Waals surface area contributed by atoms with Crippen molar-refractivity contribution in [3.05, 3.63) is 41.5 Å². The molecule has 1 N–H and O–H groups in total. The number of anilines is 1. The number of carbonyl (C=O) groups excluding carboxylic acids is 2. The summed E-state index contributed by atoms with van der Waals surface area (Å²) in [6, 6.07) is 7.15. The Hall–Kier alpha value is -2.30. The lowest BCUT2D eigenvalue weighted by Gasteiger charge is -2.16. The van der Waals surface area contributed by atoms with Gasteiger partial charge in [0, 0.05) is 26.3 Å². The van der Waals surface area contributed by atoms with Gasteiger partial charge in [0.15, 0.2) is 6.10 Å². The van der Waals surface area contributed by atoms with Gasteiger partial charge >= 0.3 is 5.97 Å². The van der Waals surface area contributed by atoms with Gasteiger partial charge in [-0.15, -0.1) is 0 Å². The smallest absolute Gasteiger partial charge is 0.338 e. The quantitative estimate of drug-likeness (QED) is 0.609. The van der Waals surface area contributed by atoms with Gasteiger partial charge in [0.25, 0.3) is 5.91 Å². The van der Waals surface area contributed by atoms with E-state index >= 15 is 0 Å². The lowest BCUT2D eigenvalue weighted by atomic mass is 9.97. The molecule has 1 amide bonds. The first-order valence-corrected chi connectivity index (χ1v) is 8.91. The third-order valence-electron chi connectivity index (χ3n) is 4.38. The number of carbonyl (C=O) groups is 2. The summed E-state index contributed by atoms with van der Waals surface area (Å²) >= 11 is 0. The van der Waals surface area contributed by atoms with Crippen molar-refractivity contribution in [2.45, 2.75) is 45.1 Å². The van der Waals surface area contributed by atoms with E-state index in [-0.39, 0.29) is 5.91 Å². The van der Waals surface area contributed by atoms with Crippen molar-refractivity contribution in [2.75, 3.05) is 25.5 Å². The Morgan fingerprint density at radius 3 is 2.76 bits per heavy atom. The van der Waals surface area contributed by atoms with E-state index in [1.165, 1.54) is 18.4 Å². The van der Waals surface area contributed by atoms with E-state index in [4.69, 9.17) is 4.74 Å². The molecule has 1 atom stereocenters. The van der Waals surface area contributed by atoms with E-state index in [9.17, 15) is 9.59 Å². The van der Waals surface area contributed by atoms with Crippen LogP contribution < -0.4 is 10.2 Å². The van der Waals surface area contributed by atoms with Crippen LogP contribution in [0.15, 0.2) is 35.9 Å². The summed E-state index contributed by atoms with van der Waals surface area (Å²) in [6.45, 7) is 2.19. The largest absolute Gasteiger partial charge is 0.449 e. The van der Waals surface area contributed by atoms with Crippen molar-refractivity contribution in [3.8, 4) is 0 Å². The van der Waals surface area contributed by atoms with Gasteiger partial charge in [-0.05, 0) is 57.2 Å². The monoisotopic (exact) mass is 344 g/mol. The lowest BCUT2D eigenvalue weighted by molar-refractivity contribution is -0.129. The Kier molecular flexibility index (Phi) is 7.04. The summed E-state index contributed by atoms with van der Waals surface area (Å²) in [5, 5.41) is 2.85. The molecule has 1 aromatic carbocycles. The Labute approximate surface area is 150 Å². The van der Waals surface area contributed by atoms with Crippen molar-refractivity contribution in [1.82, 2.24) is 5.32 Å². The Bertz CT molecular complexity index is 638. The second-order valence-corrected chi connectivity index (χ2v) is 6.64. The zero-order chi connectivity index (χ0) is 18.2. The maximum atomic E-state index is 12.2. The molecule has 2 rings (SSSR count). The fourth-order valence-electron chi connectivity index (χ4n) is 2.81. The SMILES string of the molecule is C[C@@H](OC(=O)c1cccc(N(C)C)c1)C(=O)NCCC1=CCCCC1. The van der Waals surface area contributed by atoms with E-state index in [1.807, 2.05) is 25.1 Å². The minimum atomic E-state index is -0.809. The minimum Gasteiger partial charge on any atom is -0.449 e. The van der Waals surface area contributed by atoms with Gasteiger partial charge in [0.2, 0.25) is 0 Å². The Morgan fingerprint density at radius 1 is 1.28 bits per heavy atom. The molecule has 0 saturated heterocycles. The molecule has 0 spiro atoms. The van der Waals surface area contributed by atoms with Crippen LogP contribution in [0, 0.1) is 0 Å². The number of nitrogens with zero attached hydrogens (tertiary/aromatic N) is 1. The molecule has 1 aliphatic carbocycles. The third-order valence-corrected chi connectivity index (χ3v) is 4.38. The van der Waals surface area contributed by atoms with Crippen LogP contribution in [0.25, 0.3) is 0 Å². The first-order valence-electron chi connectivity index (χ1n) is 8.91. The molecule has 5 nitrogen and oxygen atoms in total. The fourth-order valence-corrected chi connectivity index (χ4v) is 2.81. The zero-order valence-electron chi connectivity index (χ0n) is 15.4. The van der Waals surface area contributed by atoms with Crippen LogP contribution in [0.1, 0.15) is 49.4 Å². The number of ether oxygens (including phenoxy) is 1. The van der Waals surface area contributed by atoms with Crippen LogP contribution >= 0.6 is 0 Å². The highest BCUT2D eigenvalue weighted by Crippen LogP contribution is 2.19. The second kappa shape index (κ2) is 9.25. The third kappa shape index (κ3) is 5.93. The number of rotatable bonds is 7. The lowest BCUT2D eigenvalue weighted by Crippen LogP contribution is -2.36. The van der Waals surface area contributed by atoms with Crippen LogP contribution in [0.2, 0.25) is 0 Å². The van der Waals surface area contributed by atoms with Crippen molar-refractivity contribution in [3.63, 3.8) is 0 Å². The van der Waals surface area contributed by atoms with Gasteiger partial charge in [-0.25, -0.2) is 4.79 Å². The summed E-state index contributed by atoms with van der Waals surface area (Å²) in [7, 11) is 3.81. The van der Waals surface area contributed by atoms with E-state index in [2.05, 4.69) is 11.4 Å². The van der Waals surface area contributed by atoms with Gasteiger partial charge in [0.05, 0.1) is 5.56 Å². The van der Waals surface area contributed by atoms with E-state index in [0.717, 1.165) is 24.9 Å². The topological polar surface area (TPSA) is 58.6 Å². The van der Waals surface area contributed by atoms with Gasteiger partial charge in [0.1, 0.15) is 0 Å². The highest BCUT2D eigenvalue weighted by atomic mass is 16.5. The van der Waals surface area contributed by atoms with Gasteiger partial charge < -0.3 is 15.0 Å². The molecule has 0 aromatic heterocycles. The van der Waals surface area contributed by atoms with Crippen LogP contribution in [0.5, 0.6) is 0 Å². The van der Waals surface area contributed by atoms with Crippen molar-refractivity contribution in [2.24, 2.45) is 0 Å². The summed E-state index contributed by atoms with van der Waals surface area (Å²) in [6.07, 6.45) is 7.11. The maximum absolute atomic E-state index is 12.2. The molecule has 0 bridgehead atoms. The highest BCUT2D eigenvalue weighted by molar-refractivity contribution is 5.93. The Balaban J connectivity index is 1.80. The molecule has 0 aliphatic heterocycles. The summed E-state index contributed by atoms with van der Waals surface area (Å²) in [5.41, 5.74) is 2.77. The number of hydrogen-bond acceptors (Lipinski definition) is 4. The maximum Gasteiger partial charge on any atom is 0.338 e. The summed E-state index contributed by atoms with van der Waals surface area (Å²) in [5.74, 6) is -0.741. The van der Waals surface area contributed by atoms with E-state index < -0.39 is 12.1 Å². The van der Waals surface area contributed by atoms with Crippen molar-refractivity contribution >= 4 is 17.6 Å². The standard InChI is InChI=1S/C20H28N2O3/c1-15(19(23)21-13-12-16-8-5-4-6-9-16)25-20(24)17-10-7-11-18(14-17)22(2)3/h7-8,10-11,14-15H,4-6,9,12-13H2,1-3H3,(H,21,23)/t15-/m1/s1. The van der Waals surface area contributed by atoms with Crippen LogP contribution in [-0.4, -0.2) is 38.6 Å². The van der Waals surface area contributed by atoms with Crippen LogP contribution in [0.4, 0.5) is 5.69 Å². The second-order valence-electron chi connectivity index (χ2n) is 6.64. The molecule has 0 unspecified atom stereocenters. The van der Waals surface area contributed by atoms with Crippen LogP contribution in [0.3, 0.4) is 0 Å². The Morgan fingerprint density at radius 2 is 2.08 bits per heavy atom. The molecule has 0 fully saturated rings. The number of esters is 1.